The zero-order valence-corrected chi connectivity index (χ0v) is 11.6. The van der Waals surface area contributed by atoms with Gasteiger partial charge in [-0.05, 0) is 13.8 Å². The van der Waals surface area contributed by atoms with E-state index >= 15 is 0 Å². The first-order chi connectivity index (χ1) is 7.62. The van der Waals surface area contributed by atoms with Gasteiger partial charge in [-0.3, -0.25) is 4.98 Å². The fraction of sp³-hybridized carbons (Fsp3) is 0.500. The predicted molar refractivity (Wildman–Crippen MR) is 63.2 cm³/mol. The van der Waals surface area contributed by atoms with Crippen LogP contribution < -0.4 is 0 Å². The molecule has 9 heteroatoms. The van der Waals surface area contributed by atoms with Crippen molar-refractivity contribution in [3.05, 3.63) is 17.6 Å². The molecule has 0 fully saturated rings. The Morgan fingerprint density at radius 1 is 1.18 bits per heavy atom. The second kappa shape index (κ2) is 4.87. The van der Waals surface area contributed by atoms with E-state index in [2.05, 4.69) is 9.97 Å². The molecule has 96 valence electrons. The van der Waals surface area contributed by atoms with Crippen molar-refractivity contribution in [2.24, 2.45) is 0 Å². The van der Waals surface area contributed by atoms with Gasteiger partial charge in [0.25, 0.3) is 0 Å². The SMILES string of the molecule is Cc1cnc(C)c(S(=O)(=O)CCS(=O)(=O)Cl)n1. The van der Waals surface area contributed by atoms with Gasteiger partial charge in [0.1, 0.15) is 0 Å². The Kier molecular flexibility index (Phi) is 4.11. The van der Waals surface area contributed by atoms with Crippen LogP contribution in [0.4, 0.5) is 0 Å². The van der Waals surface area contributed by atoms with Crippen molar-refractivity contribution in [1.29, 1.82) is 0 Å². The average molecular weight is 299 g/mol. The van der Waals surface area contributed by atoms with Crippen LogP contribution >= 0.6 is 10.7 Å². The molecule has 0 atom stereocenters. The highest BCUT2D eigenvalue weighted by Crippen LogP contribution is 2.13. The molecule has 1 rings (SSSR count). The second-order valence-electron chi connectivity index (χ2n) is 3.46. The van der Waals surface area contributed by atoms with Gasteiger partial charge >= 0.3 is 0 Å². The minimum Gasteiger partial charge on any atom is -0.257 e. The topological polar surface area (TPSA) is 94.1 Å². The highest BCUT2D eigenvalue weighted by molar-refractivity contribution is 8.14. The standard InChI is InChI=1S/C8H11ClN2O4S2/c1-6-5-10-7(2)8(11-6)16(12,13)3-4-17(9,14)15/h5H,3-4H2,1-2H3. The number of rotatable bonds is 4. The number of aryl methyl sites for hydroxylation is 2. The molecule has 0 N–H and O–H groups in total. The molecule has 17 heavy (non-hydrogen) atoms. The van der Waals surface area contributed by atoms with E-state index in [1.807, 2.05) is 0 Å². The lowest BCUT2D eigenvalue weighted by Crippen LogP contribution is -2.17. The van der Waals surface area contributed by atoms with Crippen molar-refractivity contribution in [3.8, 4) is 0 Å². The van der Waals surface area contributed by atoms with Gasteiger partial charge < -0.3 is 0 Å². The van der Waals surface area contributed by atoms with Crippen LogP contribution in [0.3, 0.4) is 0 Å². The summed E-state index contributed by atoms with van der Waals surface area (Å²) < 4.78 is 45.1. The molecule has 0 unspecified atom stereocenters. The summed E-state index contributed by atoms with van der Waals surface area (Å²) in [6.07, 6.45) is 1.44. The van der Waals surface area contributed by atoms with Gasteiger partial charge in [-0.25, -0.2) is 21.8 Å². The Hall–Kier alpha value is -0.730. The van der Waals surface area contributed by atoms with Crippen LogP contribution in [0, 0.1) is 13.8 Å². The predicted octanol–water partition coefficient (Wildman–Crippen LogP) is 0.436. The van der Waals surface area contributed by atoms with E-state index in [0.29, 0.717) is 5.69 Å². The summed E-state index contributed by atoms with van der Waals surface area (Å²) in [6, 6.07) is 0. The van der Waals surface area contributed by atoms with Crippen LogP contribution in [0.1, 0.15) is 11.4 Å². The molecule has 0 radical (unpaired) electrons. The maximum atomic E-state index is 11.8. The molecule has 6 nitrogen and oxygen atoms in total. The van der Waals surface area contributed by atoms with Crippen molar-refractivity contribution in [2.45, 2.75) is 18.9 Å². The quantitative estimate of drug-likeness (QED) is 0.749. The lowest BCUT2D eigenvalue weighted by Gasteiger charge is -2.05. The first kappa shape index (κ1) is 14.3. The van der Waals surface area contributed by atoms with Gasteiger partial charge in [-0.15, -0.1) is 0 Å². The first-order valence-corrected chi connectivity index (χ1v) is 8.70. The fourth-order valence-electron chi connectivity index (χ4n) is 1.12. The third-order valence-corrected chi connectivity index (χ3v) is 5.05. The van der Waals surface area contributed by atoms with Gasteiger partial charge in [0.15, 0.2) is 14.9 Å². The van der Waals surface area contributed by atoms with Gasteiger partial charge in [-0.1, -0.05) is 0 Å². The Labute approximate surface area is 104 Å². The molecule has 0 aliphatic rings. The normalized spacial score (nSPS) is 12.6. The van der Waals surface area contributed by atoms with Gasteiger partial charge in [-0.2, -0.15) is 0 Å². The summed E-state index contributed by atoms with van der Waals surface area (Å²) in [6.45, 7) is 3.10. The van der Waals surface area contributed by atoms with E-state index in [0.717, 1.165) is 0 Å². The maximum Gasteiger partial charge on any atom is 0.233 e. The molecule has 0 bridgehead atoms. The molecule has 0 aliphatic heterocycles. The third-order valence-electron chi connectivity index (χ3n) is 1.92. The number of nitrogens with zero attached hydrogens (tertiary/aromatic N) is 2. The summed E-state index contributed by atoms with van der Waals surface area (Å²) in [5.74, 6) is -1.25. The van der Waals surface area contributed by atoms with Crippen LogP contribution in [0.2, 0.25) is 0 Å². The largest absolute Gasteiger partial charge is 0.257 e. The number of halogens is 1. The number of sulfone groups is 1. The zero-order chi connectivity index (χ0) is 13.3. The minimum atomic E-state index is -3.84. The van der Waals surface area contributed by atoms with Crippen molar-refractivity contribution in [3.63, 3.8) is 0 Å². The van der Waals surface area contributed by atoms with E-state index in [-0.39, 0.29) is 10.7 Å². The first-order valence-electron chi connectivity index (χ1n) is 4.57. The Morgan fingerprint density at radius 2 is 1.76 bits per heavy atom. The van der Waals surface area contributed by atoms with Crippen LogP contribution in [-0.2, 0) is 18.9 Å². The van der Waals surface area contributed by atoms with Gasteiger partial charge in [0.2, 0.25) is 9.05 Å². The summed E-state index contributed by atoms with van der Waals surface area (Å²) in [5.41, 5.74) is 0.686. The number of aromatic nitrogens is 2. The van der Waals surface area contributed by atoms with Crippen molar-refractivity contribution >= 4 is 29.6 Å². The van der Waals surface area contributed by atoms with Gasteiger partial charge in [0.05, 0.1) is 22.9 Å². The van der Waals surface area contributed by atoms with Crippen LogP contribution in [0.25, 0.3) is 0 Å². The van der Waals surface area contributed by atoms with Crippen molar-refractivity contribution < 1.29 is 16.8 Å². The van der Waals surface area contributed by atoms with E-state index in [1.165, 1.54) is 13.1 Å². The fourth-order valence-corrected chi connectivity index (χ4v) is 4.34. The lowest BCUT2D eigenvalue weighted by molar-refractivity contribution is 0.587. The molecule has 0 spiro atoms. The second-order valence-corrected chi connectivity index (χ2v) is 8.38. The van der Waals surface area contributed by atoms with Crippen molar-refractivity contribution in [2.75, 3.05) is 11.5 Å². The highest BCUT2D eigenvalue weighted by atomic mass is 35.7. The number of hydrogen-bond acceptors (Lipinski definition) is 6. The van der Waals surface area contributed by atoms with Crippen LogP contribution in [0.15, 0.2) is 11.2 Å². The average Bonchev–Trinajstić information content (AvgIpc) is 2.18. The molecule has 0 saturated heterocycles. The molecular weight excluding hydrogens is 288 g/mol. The lowest BCUT2D eigenvalue weighted by atomic mass is 10.4. The summed E-state index contributed by atoms with van der Waals surface area (Å²) in [5, 5.41) is -0.196. The monoisotopic (exact) mass is 298 g/mol. The molecule has 0 saturated carbocycles. The van der Waals surface area contributed by atoms with Crippen LogP contribution in [0.5, 0.6) is 0 Å². The Balaban J connectivity index is 3.10. The Bertz CT molecular complexity index is 625. The van der Waals surface area contributed by atoms with E-state index in [1.54, 1.807) is 6.92 Å². The maximum absolute atomic E-state index is 11.8. The summed E-state index contributed by atoms with van der Waals surface area (Å²) in [7, 11) is -2.66. The van der Waals surface area contributed by atoms with E-state index < -0.39 is 30.4 Å². The molecule has 1 heterocycles. The summed E-state index contributed by atoms with van der Waals surface area (Å²) >= 11 is 0. The van der Waals surface area contributed by atoms with Crippen molar-refractivity contribution in [1.82, 2.24) is 9.97 Å². The third kappa shape index (κ3) is 4.21. The molecule has 0 amide bonds. The number of hydrogen-bond donors (Lipinski definition) is 0. The van der Waals surface area contributed by atoms with Gasteiger partial charge in [0, 0.05) is 16.9 Å². The molecule has 0 aromatic carbocycles. The zero-order valence-electron chi connectivity index (χ0n) is 9.21. The van der Waals surface area contributed by atoms with Crippen LogP contribution in [-0.4, -0.2) is 38.3 Å². The smallest absolute Gasteiger partial charge is 0.233 e. The summed E-state index contributed by atoms with van der Waals surface area (Å²) in [4.78, 5) is 7.72. The molecular formula is C8H11ClN2O4S2. The molecule has 0 aliphatic carbocycles. The Morgan fingerprint density at radius 3 is 2.29 bits per heavy atom. The molecule has 1 aromatic heterocycles. The molecule has 1 aromatic rings. The minimum absolute atomic E-state index is 0.196. The van der Waals surface area contributed by atoms with E-state index in [9.17, 15) is 16.8 Å². The van der Waals surface area contributed by atoms with E-state index in [4.69, 9.17) is 10.7 Å². The highest BCUT2D eigenvalue weighted by Gasteiger charge is 2.22.